The summed E-state index contributed by atoms with van der Waals surface area (Å²) in [5, 5.41) is 3.45. The van der Waals surface area contributed by atoms with Crippen LogP contribution in [0.25, 0.3) is 21.2 Å². The van der Waals surface area contributed by atoms with E-state index in [1.54, 1.807) is 11.3 Å². The van der Waals surface area contributed by atoms with Crippen LogP contribution >= 0.6 is 11.3 Å². The lowest BCUT2D eigenvalue weighted by atomic mass is 9.84. The summed E-state index contributed by atoms with van der Waals surface area (Å²) in [5.41, 5.74) is 3.33. The molecule has 1 saturated heterocycles. The summed E-state index contributed by atoms with van der Waals surface area (Å²) in [4.78, 5) is 15.0. The number of carbonyl (C=O) groups is 1. The third-order valence-corrected chi connectivity index (χ3v) is 7.80. The van der Waals surface area contributed by atoms with E-state index in [9.17, 15) is 4.79 Å². The molecule has 0 spiro atoms. The second-order valence-electron chi connectivity index (χ2n) is 8.95. The van der Waals surface area contributed by atoms with Gasteiger partial charge >= 0.3 is 0 Å². The molecular formula is C26H27NO4S. The van der Waals surface area contributed by atoms with Gasteiger partial charge in [-0.3, -0.25) is 4.79 Å². The fourth-order valence-electron chi connectivity index (χ4n) is 4.82. The Morgan fingerprint density at radius 1 is 1.12 bits per heavy atom. The van der Waals surface area contributed by atoms with Crippen LogP contribution in [0.5, 0.6) is 11.5 Å². The summed E-state index contributed by atoms with van der Waals surface area (Å²) in [5.74, 6) is 2.00. The van der Waals surface area contributed by atoms with Gasteiger partial charge in [0.05, 0.1) is 19.8 Å². The van der Waals surface area contributed by atoms with E-state index in [0.29, 0.717) is 26.3 Å². The van der Waals surface area contributed by atoms with E-state index in [1.165, 1.54) is 15.6 Å². The van der Waals surface area contributed by atoms with Crippen molar-refractivity contribution in [3.63, 3.8) is 0 Å². The predicted octanol–water partition coefficient (Wildman–Crippen LogP) is 5.26. The Morgan fingerprint density at radius 3 is 2.84 bits per heavy atom. The highest BCUT2D eigenvalue weighted by molar-refractivity contribution is 7.17. The fourth-order valence-corrected chi connectivity index (χ4v) is 5.79. The average Bonchev–Trinajstić information content (AvgIpc) is 3.37. The zero-order valence-corrected chi connectivity index (χ0v) is 18.9. The molecule has 6 heteroatoms. The standard InChI is InChI=1S/C26H27NO4S/c28-26(17-4-3-5-17)27-9-11-30-25-19(14-27)12-18(13-23(25)31-20-8-10-29-15-20)22-16-32-24-7-2-1-6-21(22)24/h1-2,6-7,12-13,16-17,20H,3-5,8-11,14-15H2/t20-/m1/s1. The number of nitrogens with zero attached hydrogens (tertiary/aromatic N) is 1. The summed E-state index contributed by atoms with van der Waals surface area (Å²) < 4.78 is 19.4. The topological polar surface area (TPSA) is 48.0 Å². The minimum atomic E-state index is 0.0353. The van der Waals surface area contributed by atoms with Crippen LogP contribution in [0.4, 0.5) is 0 Å². The van der Waals surface area contributed by atoms with Gasteiger partial charge in [-0.15, -0.1) is 11.3 Å². The highest BCUT2D eigenvalue weighted by atomic mass is 32.1. The SMILES string of the molecule is O=C(C1CCC1)N1CCOc2c(cc(-c3csc4ccccc34)cc2O[C@@H]2CCOC2)C1. The van der Waals surface area contributed by atoms with Gasteiger partial charge in [-0.25, -0.2) is 0 Å². The largest absolute Gasteiger partial charge is 0.487 e. The van der Waals surface area contributed by atoms with E-state index in [0.717, 1.165) is 54.9 Å². The third-order valence-electron chi connectivity index (χ3n) is 6.84. The molecule has 3 aliphatic rings. The van der Waals surface area contributed by atoms with Crippen molar-refractivity contribution in [1.29, 1.82) is 0 Å². The third kappa shape index (κ3) is 3.65. The smallest absolute Gasteiger partial charge is 0.226 e. The van der Waals surface area contributed by atoms with Gasteiger partial charge in [0.15, 0.2) is 11.5 Å². The molecule has 32 heavy (non-hydrogen) atoms. The zero-order valence-electron chi connectivity index (χ0n) is 18.0. The molecule has 166 valence electrons. The Morgan fingerprint density at radius 2 is 2.03 bits per heavy atom. The molecule has 2 aliphatic heterocycles. The average molecular weight is 450 g/mol. The van der Waals surface area contributed by atoms with Crippen molar-refractivity contribution in [2.45, 2.75) is 38.3 Å². The Hall–Kier alpha value is -2.57. The summed E-state index contributed by atoms with van der Waals surface area (Å²) in [6, 6.07) is 12.8. The number of hydrogen-bond donors (Lipinski definition) is 0. The quantitative estimate of drug-likeness (QED) is 0.545. The van der Waals surface area contributed by atoms with Gasteiger partial charge in [0.25, 0.3) is 0 Å². The second kappa shape index (κ2) is 8.41. The molecule has 0 bridgehead atoms. The van der Waals surface area contributed by atoms with Crippen molar-refractivity contribution < 1.29 is 19.0 Å². The van der Waals surface area contributed by atoms with E-state index in [-0.39, 0.29) is 17.9 Å². The molecule has 1 aliphatic carbocycles. The molecule has 1 aromatic heterocycles. The molecule has 1 atom stereocenters. The van der Waals surface area contributed by atoms with Crippen molar-refractivity contribution in [3.05, 3.63) is 47.3 Å². The molecular weight excluding hydrogens is 422 g/mol. The summed E-state index contributed by atoms with van der Waals surface area (Å²) in [6.45, 7) is 3.01. The number of amides is 1. The Balaban J connectivity index is 1.41. The van der Waals surface area contributed by atoms with Gasteiger partial charge in [0.2, 0.25) is 5.91 Å². The van der Waals surface area contributed by atoms with Gasteiger partial charge in [-0.05, 0) is 42.0 Å². The molecule has 6 rings (SSSR count). The van der Waals surface area contributed by atoms with Gasteiger partial charge in [-0.1, -0.05) is 24.6 Å². The molecule has 5 nitrogen and oxygen atoms in total. The number of hydrogen-bond acceptors (Lipinski definition) is 5. The monoisotopic (exact) mass is 449 g/mol. The van der Waals surface area contributed by atoms with Crippen molar-refractivity contribution in [3.8, 4) is 22.6 Å². The molecule has 2 fully saturated rings. The maximum absolute atomic E-state index is 13.0. The predicted molar refractivity (Wildman–Crippen MR) is 125 cm³/mol. The van der Waals surface area contributed by atoms with E-state index >= 15 is 0 Å². The first-order valence-electron chi connectivity index (χ1n) is 11.6. The van der Waals surface area contributed by atoms with Crippen LogP contribution in [-0.4, -0.2) is 43.3 Å². The van der Waals surface area contributed by atoms with Crippen LogP contribution in [0.1, 0.15) is 31.2 Å². The van der Waals surface area contributed by atoms with Crippen LogP contribution in [0.3, 0.4) is 0 Å². The number of carbonyl (C=O) groups excluding carboxylic acids is 1. The van der Waals surface area contributed by atoms with Gasteiger partial charge in [-0.2, -0.15) is 0 Å². The molecule has 2 aromatic carbocycles. The first-order chi connectivity index (χ1) is 15.8. The summed E-state index contributed by atoms with van der Waals surface area (Å²) >= 11 is 1.75. The van der Waals surface area contributed by atoms with Crippen LogP contribution < -0.4 is 9.47 Å². The van der Waals surface area contributed by atoms with Crippen LogP contribution in [0.15, 0.2) is 41.8 Å². The number of rotatable bonds is 4. The molecule has 3 heterocycles. The zero-order chi connectivity index (χ0) is 21.5. The lowest BCUT2D eigenvalue weighted by Gasteiger charge is -2.30. The van der Waals surface area contributed by atoms with Crippen molar-refractivity contribution in [2.24, 2.45) is 5.92 Å². The van der Waals surface area contributed by atoms with Crippen molar-refractivity contribution in [2.75, 3.05) is 26.4 Å². The van der Waals surface area contributed by atoms with E-state index in [1.807, 2.05) is 4.90 Å². The lowest BCUT2D eigenvalue weighted by molar-refractivity contribution is -0.138. The molecule has 1 saturated carbocycles. The highest BCUT2D eigenvalue weighted by Gasteiger charge is 2.32. The van der Waals surface area contributed by atoms with E-state index in [4.69, 9.17) is 14.2 Å². The number of benzene rings is 2. The maximum atomic E-state index is 13.0. The summed E-state index contributed by atoms with van der Waals surface area (Å²) in [6.07, 6.45) is 4.11. The van der Waals surface area contributed by atoms with Crippen LogP contribution in [-0.2, 0) is 16.1 Å². The molecule has 0 N–H and O–H groups in total. The maximum Gasteiger partial charge on any atom is 0.226 e. The van der Waals surface area contributed by atoms with Gasteiger partial charge < -0.3 is 19.1 Å². The van der Waals surface area contributed by atoms with Crippen molar-refractivity contribution >= 4 is 27.3 Å². The Kier molecular flexibility index (Phi) is 5.27. The molecule has 0 radical (unpaired) electrons. The van der Waals surface area contributed by atoms with E-state index < -0.39 is 0 Å². The Bertz CT molecular complexity index is 1150. The summed E-state index contributed by atoms with van der Waals surface area (Å²) in [7, 11) is 0. The first-order valence-corrected chi connectivity index (χ1v) is 12.4. The normalized spacial score (nSPS) is 21.0. The minimum absolute atomic E-state index is 0.0353. The fraction of sp³-hybridized carbons (Fsp3) is 0.423. The number of fused-ring (bicyclic) bond motifs is 2. The number of ether oxygens (including phenoxy) is 3. The number of thiophene rings is 1. The van der Waals surface area contributed by atoms with E-state index in [2.05, 4.69) is 41.8 Å². The molecule has 1 amide bonds. The first kappa shape index (κ1) is 20.1. The highest BCUT2D eigenvalue weighted by Crippen LogP contribution is 2.43. The van der Waals surface area contributed by atoms with Crippen LogP contribution in [0, 0.1) is 5.92 Å². The second-order valence-corrected chi connectivity index (χ2v) is 9.86. The molecule has 0 unspecified atom stereocenters. The van der Waals surface area contributed by atoms with Gasteiger partial charge in [0.1, 0.15) is 12.7 Å². The lowest BCUT2D eigenvalue weighted by Crippen LogP contribution is -2.39. The Labute approximate surface area is 191 Å². The molecule has 3 aromatic rings. The van der Waals surface area contributed by atoms with Crippen LogP contribution in [0.2, 0.25) is 0 Å². The van der Waals surface area contributed by atoms with Crippen molar-refractivity contribution in [1.82, 2.24) is 4.90 Å². The minimum Gasteiger partial charge on any atom is -0.487 e. The van der Waals surface area contributed by atoms with Gasteiger partial charge in [0, 0.05) is 40.1 Å².